The van der Waals surface area contributed by atoms with Crippen molar-refractivity contribution in [2.75, 3.05) is 18.0 Å². The zero-order valence-corrected chi connectivity index (χ0v) is 19.4. The first kappa shape index (κ1) is 21.9. The van der Waals surface area contributed by atoms with E-state index >= 15 is 0 Å². The molecule has 1 saturated carbocycles. The average molecular weight is 461 g/mol. The molecule has 5 nitrogen and oxygen atoms in total. The number of hydrogen-bond donors (Lipinski definition) is 0. The second-order valence-corrected chi connectivity index (χ2v) is 10.8. The molecule has 0 aromatic heterocycles. The Morgan fingerprint density at radius 1 is 0.909 bits per heavy atom. The molecule has 6 heteroatoms. The number of amides is 1. The van der Waals surface area contributed by atoms with Gasteiger partial charge in [0, 0.05) is 31.2 Å². The third-order valence-electron chi connectivity index (χ3n) is 6.47. The predicted octanol–water partition coefficient (Wildman–Crippen LogP) is 4.42. The third kappa shape index (κ3) is 4.72. The van der Waals surface area contributed by atoms with E-state index in [2.05, 4.69) is 0 Å². The molecule has 0 N–H and O–H groups in total. The number of anilines is 1. The van der Waals surface area contributed by atoms with Gasteiger partial charge in [-0.05, 0) is 60.6 Å². The number of hydrogen-bond acceptors (Lipinski definition) is 3. The molecule has 0 radical (unpaired) electrons. The second kappa shape index (κ2) is 9.12. The summed E-state index contributed by atoms with van der Waals surface area (Å²) in [7, 11) is -3.70. The highest BCUT2D eigenvalue weighted by Gasteiger charge is 2.37. The number of carbonyl (C=O) groups is 1. The average Bonchev–Trinajstić information content (AvgIpc) is 3.61. The van der Waals surface area contributed by atoms with Crippen LogP contribution in [0.4, 0.5) is 5.69 Å². The molecule has 33 heavy (non-hydrogen) atoms. The molecule has 1 fully saturated rings. The summed E-state index contributed by atoms with van der Waals surface area (Å²) in [4.78, 5) is 14.7. The van der Waals surface area contributed by atoms with Gasteiger partial charge in [0.05, 0.1) is 4.90 Å². The number of benzene rings is 3. The van der Waals surface area contributed by atoms with E-state index in [1.807, 2.05) is 71.6 Å². The molecule has 5 rings (SSSR count). The SMILES string of the molecule is O=C(C1CC1)N1CCc2cc(S(=O)(=O)N(CCc3ccccc3)Cc3ccccc3)ccc21. The highest BCUT2D eigenvalue weighted by atomic mass is 32.2. The monoisotopic (exact) mass is 460 g/mol. The first-order chi connectivity index (χ1) is 16.0. The lowest BCUT2D eigenvalue weighted by Crippen LogP contribution is -2.32. The van der Waals surface area contributed by atoms with Crippen molar-refractivity contribution < 1.29 is 13.2 Å². The van der Waals surface area contributed by atoms with Crippen molar-refractivity contribution in [3.8, 4) is 0 Å². The van der Waals surface area contributed by atoms with Crippen LogP contribution in [0.2, 0.25) is 0 Å². The van der Waals surface area contributed by atoms with Crippen molar-refractivity contribution in [1.82, 2.24) is 4.31 Å². The lowest BCUT2D eigenvalue weighted by molar-refractivity contribution is -0.119. The van der Waals surface area contributed by atoms with Crippen molar-refractivity contribution in [2.24, 2.45) is 5.92 Å². The van der Waals surface area contributed by atoms with Crippen LogP contribution >= 0.6 is 0 Å². The van der Waals surface area contributed by atoms with Gasteiger partial charge in [0.1, 0.15) is 0 Å². The standard InChI is InChI=1S/C27H28N2O3S/c30-27(23-11-12-23)29-18-16-24-19-25(13-14-26(24)29)33(31,32)28(20-22-9-5-2-6-10-22)17-15-21-7-3-1-4-8-21/h1-10,13-14,19,23H,11-12,15-18,20H2. The molecule has 0 atom stereocenters. The fourth-order valence-electron chi connectivity index (χ4n) is 4.44. The van der Waals surface area contributed by atoms with Crippen molar-refractivity contribution in [1.29, 1.82) is 0 Å². The van der Waals surface area contributed by atoms with E-state index in [0.717, 1.165) is 35.2 Å². The Kier molecular flexibility index (Phi) is 6.04. The molecule has 1 aliphatic carbocycles. The first-order valence-electron chi connectivity index (χ1n) is 11.5. The summed E-state index contributed by atoms with van der Waals surface area (Å²) in [5.41, 5.74) is 3.86. The number of sulfonamides is 1. The molecular weight excluding hydrogens is 432 g/mol. The summed E-state index contributed by atoms with van der Waals surface area (Å²) in [6.07, 6.45) is 3.27. The molecule has 1 heterocycles. The predicted molar refractivity (Wildman–Crippen MR) is 129 cm³/mol. The smallest absolute Gasteiger partial charge is 0.243 e. The van der Waals surface area contributed by atoms with E-state index < -0.39 is 10.0 Å². The van der Waals surface area contributed by atoms with Crippen LogP contribution in [0.15, 0.2) is 83.8 Å². The van der Waals surface area contributed by atoms with Crippen molar-refractivity contribution in [3.05, 3.63) is 95.6 Å². The summed E-state index contributed by atoms with van der Waals surface area (Å²) in [5, 5.41) is 0. The van der Waals surface area contributed by atoms with Gasteiger partial charge in [-0.15, -0.1) is 0 Å². The van der Waals surface area contributed by atoms with E-state index in [-0.39, 0.29) is 11.8 Å². The van der Waals surface area contributed by atoms with Crippen molar-refractivity contribution in [3.63, 3.8) is 0 Å². The van der Waals surface area contributed by atoms with Gasteiger partial charge in [-0.3, -0.25) is 4.79 Å². The van der Waals surface area contributed by atoms with Gasteiger partial charge in [0.15, 0.2) is 0 Å². The molecule has 2 aliphatic rings. The summed E-state index contributed by atoms with van der Waals surface area (Å²) >= 11 is 0. The Bertz CT molecular complexity index is 1240. The Hall–Kier alpha value is -2.96. The normalized spacial score (nSPS) is 15.6. The van der Waals surface area contributed by atoms with E-state index in [4.69, 9.17) is 0 Å². The maximum Gasteiger partial charge on any atom is 0.243 e. The van der Waals surface area contributed by atoms with Crippen LogP contribution in [-0.2, 0) is 34.2 Å². The molecule has 170 valence electrons. The minimum absolute atomic E-state index is 0.152. The first-order valence-corrected chi connectivity index (χ1v) is 13.0. The summed E-state index contributed by atoms with van der Waals surface area (Å²) in [6.45, 7) is 1.35. The second-order valence-electron chi connectivity index (χ2n) is 8.86. The van der Waals surface area contributed by atoms with Gasteiger partial charge >= 0.3 is 0 Å². The van der Waals surface area contributed by atoms with Gasteiger partial charge in [-0.2, -0.15) is 4.31 Å². The molecule has 1 aliphatic heterocycles. The zero-order valence-electron chi connectivity index (χ0n) is 18.6. The Morgan fingerprint density at radius 2 is 1.58 bits per heavy atom. The maximum atomic E-state index is 13.7. The Morgan fingerprint density at radius 3 is 2.24 bits per heavy atom. The quantitative estimate of drug-likeness (QED) is 0.500. The molecule has 0 spiro atoms. The lowest BCUT2D eigenvalue weighted by atomic mass is 10.1. The fraction of sp³-hybridized carbons (Fsp3) is 0.296. The van der Waals surface area contributed by atoms with Gasteiger partial charge in [0.25, 0.3) is 0 Å². The van der Waals surface area contributed by atoms with Gasteiger partial charge < -0.3 is 4.90 Å². The number of rotatable bonds is 8. The molecule has 3 aromatic rings. The van der Waals surface area contributed by atoms with E-state index in [9.17, 15) is 13.2 Å². The lowest BCUT2D eigenvalue weighted by Gasteiger charge is -2.23. The number of nitrogens with zero attached hydrogens (tertiary/aromatic N) is 2. The Balaban J connectivity index is 1.41. The fourth-order valence-corrected chi connectivity index (χ4v) is 5.92. The van der Waals surface area contributed by atoms with Crippen LogP contribution < -0.4 is 4.90 Å². The van der Waals surface area contributed by atoms with Gasteiger partial charge in [-0.25, -0.2) is 8.42 Å². The highest BCUT2D eigenvalue weighted by Crippen LogP contribution is 2.37. The van der Waals surface area contributed by atoms with E-state index in [1.165, 1.54) is 0 Å². The van der Waals surface area contributed by atoms with Crippen LogP contribution in [0, 0.1) is 5.92 Å². The van der Waals surface area contributed by atoms with E-state index in [1.54, 1.807) is 16.4 Å². The van der Waals surface area contributed by atoms with E-state index in [0.29, 0.717) is 37.4 Å². The van der Waals surface area contributed by atoms with Crippen LogP contribution in [0.1, 0.15) is 29.5 Å². The molecule has 0 bridgehead atoms. The molecular formula is C27H28N2O3S. The topological polar surface area (TPSA) is 57.7 Å². The maximum absolute atomic E-state index is 13.7. The third-order valence-corrected chi connectivity index (χ3v) is 8.31. The van der Waals surface area contributed by atoms with Crippen molar-refractivity contribution >= 4 is 21.6 Å². The molecule has 0 saturated heterocycles. The van der Waals surface area contributed by atoms with Gasteiger partial charge in [0.2, 0.25) is 15.9 Å². The van der Waals surface area contributed by atoms with Crippen LogP contribution in [0.5, 0.6) is 0 Å². The molecule has 1 amide bonds. The zero-order chi connectivity index (χ0) is 22.8. The minimum Gasteiger partial charge on any atom is -0.312 e. The van der Waals surface area contributed by atoms with Crippen LogP contribution in [-0.4, -0.2) is 31.7 Å². The summed E-state index contributed by atoms with van der Waals surface area (Å²) in [5.74, 6) is 0.330. The van der Waals surface area contributed by atoms with Crippen molar-refractivity contribution in [2.45, 2.75) is 37.1 Å². The largest absolute Gasteiger partial charge is 0.312 e. The number of fused-ring (bicyclic) bond motifs is 1. The minimum atomic E-state index is -3.70. The van der Waals surface area contributed by atoms with Crippen LogP contribution in [0.3, 0.4) is 0 Å². The van der Waals surface area contributed by atoms with Gasteiger partial charge in [-0.1, -0.05) is 60.7 Å². The summed E-state index contributed by atoms with van der Waals surface area (Å²) in [6, 6.07) is 24.9. The number of carbonyl (C=O) groups excluding carboxylic acids is 1. The molecule has 0 unspecified atom stereocenters. The van der Waals surface area contributed by atoms with Crippen LogP contribution in [0.25, 0.3) is 0 Å². The molecule has 3 aromatic carbocycles. The highest BCUT2D eigenvalue weighted by molar-refractivity contribution is 7.89. The Labute approximate surface area is 195 Å². The summed E-state index contributed by atoms with van der Waals surface area (Å²) < 4.78 is 29.0.